The fraction of sp³-hybridized carbons (Fsp3) is 0.0645. The zero-order chi connectivity index (χ0) is 27.2. The molecule has 0 aliphatic rings. The number of nitrogen functional groups attached to an aromatic ring is 1. The molecule has 5 aromatic rings. The van der Waals surface area contributed by atoms with Gasteiger partial charge in [-0.3, -0.25) is 0 Å². The van der Waals surface area contributed by atoms with E-state index < -0.39 is 7.92 Å². The van der Waals surface area contributed by atoms with Crippen molar-refractivity contribution in [3.8, 4) is 6.07 Å². The molecule has 0 fully saturated rings. The zero-order valence-corrected chi connectivity index (χ0v) is 23.3. The van der Waals surface area contributed by atoms with Crippen LogP contribution in [0.25, 0.3) is 0 Å². The number of anilines is 1. The third kappa shape index (κ3) is 8.98. The number of halogens is 2. The molecule has 7 heteroatoms. The minimum atomic E-state index is -0.446. The first kappa shape index (κ1) is 28.8. The van der Waals surface area contributed by atoms with E-state index in [2.05, 4.69) is 101 Å². The van der Waals surface area contributed by atoms with E-state index in [-0.39, 0.29) is 11.6 Å². The maximum absolute atomic E-state index is 8.30. The highest BCUT2D eigenvalue weighted by Gasteiger charge is 2.15. The minimum absolute atomic E-state index is 0.156. The van der Waals surface area contributed by atoms with Crippen molar-refractivity contribution in [2.24, 2.45) is 0 Å². The zero-order valence-electron chi connectivity index (χ0n) is 20.9. The van der Waals surface area contributed by atoms with Gasteiger partial charge in [-0.05, 0) is 48.5 Å². The van der Waals surface area contributed by atoms with Crippen LogP contribution in [-0.2, 0) is 6.42 Å². The Kier molecular flexibility index (Phi) is 11.8. The van der Waals surface area contributed by atoms with Gasteiger partial charge in [0.25, 0.3) is 0 Å². The van der Waals surface area contributed by atoms with Crippen LogP contribution in [0, 0.1) is 18.3 Å². The van der Waals surface area contributed by atoms with Gasteiger partial charge in [0, 0.05) is 5.69 Å². The van der Waals surface area contributed by atoms with E-state index in [9.17, 15) is 0 Å². The molecule has 4 aromatic carbocycles. The van der Waals surface area contributed by atoms with Crippen LogP contribution in [-0.4, -0.2) is 10.2 Å². The Bertz CT molecular complexity index is 1330. The van der Waals surface area contributed by atoms with Crippen LogP contribution in [0.15, 0.2) is 121 Å². The molecule has 0 aliphatic carbocycles. The molecule has 0 bridgehead atoms. The SMILES string of the molecule is Cc1ccccc1N.N#CCc1nnc(Cl)cc1Cl.c1ccc(P(c2ccccc2)c2ccccc2)cc1. The molecule has 190 valence electrons. The number of hydrogen-bond acceptors (Lipinski definition) is 4. The number of aromatic nitrogens is 2. The lowest BCUT2D eigenvalue weighted by Gasteiger charge is -2.18. The van der Waals surface area contributed by atoms with Crippen molar-refractivity contribution >= 4 is 52.7 Å². The van der Waals surface area contributed by atoms with Crippen molar-refractivity contribution in [3.05, 3.63) is 143 Å². The second-order valence-electron chi connectivity index (χ2n) is 8.00. The molecule has 0 unspecified atom stereocenters. The van der Waals surface area contributed by atoms with Gasteiger partial charge >= 0.3 is 0 Å². The van der Waals surface area contributed by atoms with E-state index in [1.807, 2.05) is 37.3 Å². The second kappa shape index (κ2) is 15.5. The van der Waals surface area contributed by atoms with Crippen LogP contribution in [0.2, 0.25) is 10.2 Å². The highest BCUT2D eigenvalue weighted by atomic mass is 35.5. The van der Waals surface area contributed by atoms with E-state index in [0.29, 0.717) is 10.7 Å². The van der Waals surface area contributed by atoms with Crippen molar-refractivity contribution in [1.29, 1.82) is 5.26 Å². The maximum atomic E-state index is 8.30. The van der Waals surface area contributed by atoms with Gasteiger partial charge in [-0.15, -0.1) is 5.10 Å². The molecule has 2 N–H and O–H groups in total. The molecule has 1 heterocycles. The molecule has 38 heavy (non-hydrogen) atoms. The lowest BCUT2D eigenvalue weighted by molar-refractivity contribution is 0.952. The predicted octanol–water partition coefficient (Wildman–Crippen LogP) is 6.87. The number of aryl methyl sites for hydroxylation is 1. The molecular weight excluding hydrogens is 530 g/mol. The summed E-state index contributed by atoms with van der Waals surface area (Å²) in [6, 6.07) is 43.5. The van der Waals surface area contributed by atoms with E-state index >= 15 is 0 Å². The molecule has 0 radical (unpaired) electrons. The van der Waals surface area contributed by atoms with Crippen molar-refractivity contribution in [2.45, 2.75) is 13.3 Å². The Hall–Kier alpha value is -3.74. The fourth-order valence-electron chi connectivity index (χ4n) is 3.33. The third-order valence-corrected chi connectivity index (χ3v) is 8.22. The quantitative estimate of drug-likeness (QED) is 0.193. The van der Waals surface area contributed by atoms with Gasteiger partial charge in [0.2, 0.25) is 0 Å². The molecule has 0 amide bonds. The van der Waals surface area contributed by atoms with E-state index in [1.54, 1.807) is 0 Å². The predicted molar refractivity (Wildman–Crippen MR) is 162 cm³/mol. The fourth-order valence-corrected chi connectivity index (χ4v) is 6.05. The Balaban J connectivity index is 0.000000178. The van der Waals surface area contributed by atoms with Gasteiger partial charge in [0.15, 0.2) is 5.15 Å². The first-order valence-electron chi connectivity index (χ1n) is 11.8. The van der Waals surface area contributed by atoms with Crippen LogP contribution in [0.4, 0.5) is 5.69 Å². The summed E-state index contributed by atoms with van der Waals surface area (Å²) in [5, 5.41) is 20.3. The van der Waals surface area contributed by atoms with Crippen LogP contribution in [0.1, 0.15) is 11.3 Å². The van der Waals surface area contributed by atoms with Gasteiger partial charge in [0.1, 0.15) is 0 Å². The highest BCUT2D eigenvalue weighted by molar-refractivity contribution is 7.79. The lowest BCUT2D eigenvalue weighted by Crippen LogP contribution is -2.20. The van der Waals surface area contributed by atoms with Gasteiger partial charge in [0.05, 0.1) is 23.2 Å². The summed E-state index contributed by atoms with van der Waals surface area (Å²) in [5.74, 6) is 0. The Morgan fingerprint density at radius 2 is 1.16 bits per heavy atom. The van der Waals surface area contributed by atoms with Crippen molar-refractivity contribution in [2.75, 3.05) is 5.73 Å². The standard InChI is InChI=1S/C18H15P.C7H9N.C6H3Cl2N3/c1-4-10-16(11-5-1)19(17-12-6-2-7-13-17)18-14-8-3-9-15-18;1-6-4-2-3-5-7(6)8;7-4-3-6(8)11-10-5(4)1-2-9/h1-15H;2-5H,8H2,1H3;3H,1H2. The average molecular weight is 557 g/mol. The second-order valence-corrected chi connectivity index (χ2v) is 11.0. The van der Waals surface area contributed by atoms with Crippen LogP contribution < -0.4 is 21.6 Å². The van der Waals surface area contributed by atoms with Crippen molar-refractivity contribution < 1.29 is 0 Å². The Morgan fingerprint density at radius 1 is 0.711 bits per heavy atom. The first-order valence-corrected chi connectivity index (χ1v) is 13.9. The smallest absolute Gasteiger partial charge is 0.153 e. The molecule has 0 saturated heterocycles. The molecular formula is C31H27Cl2N4P. The topological polar surface area (TPSA) is 75.6 Å². The number of benzene rings is 4. The number of nitrogens with two attached hydrogens (primary N) is 1. The van der Waals surface area contributed by atoms with E-state index in [4.69, 9.17) is 34.2 Å². The largest absolute Gasteiger partial charge is 0.399 e. The normalized spacial score (nSPS) is 9.87. The lowest BCUT2D eigenvalue weighted by atomic mass is 10.2. The number of para-hydroxylation sites is 1. The van der Waals surface area contributed by atoms with Crippen LogP contribution in [0.3, 0.4) is 0 Å². The number of nitrogens with zero attached hydrogens (tertiary/aromatic N) is 3. The number of nitriles is 1. The minimum Gasteiger partial charge on any atom is -0.399 e. The van der Waals surface area contributed by atoms with Gasteiger partial charge in [-0.2, -0.15) is 10.4 Å². The monoisotopic (exact) mass is 556 g/mol. The molecule has 0 spiro atoms. The Morgan fingerprint density at radius 3 is 1.53 bits per heavy atom. The van der Waals surface area contributed by atoms with Gasteiger partial charge in [-0.25, -0.2) is 0 Å². The summed E-state index contributed by atoms with van der Waals surface area (Å²) in [6.45, 7) is 2.00. The van der Waals surface area contributed by atoms with Crippen LogP contribution in [0.5, 0.6) is 0 Å². The molecule has 1 aromatic heterocycles. The van der Waals surface area contributed by atoms with Crippen molar-refractivity contribution in [3.63, 3.8) is 0 Å². The number of hydrogen-bond donors (Lipinski definition) is 1. The average Bonchev–Trinajstić information content (AvgIpc) is 2.95. The summed E-state index contributed by atoms with van der Waals surface area (Å²) < 4.78 is 0. The van der Waals surface area contributed by atoms with E-state index in [1.165, 1.54) is 22.0 Å². The highest BCUT2D eigenvalue weighted by Crippen LogP contribution is 2.32. The van der Waals surface area contributed by atoms with Gasteiger partial charge < -0.3 is 5.73 Å². The molecule has 5 rings (SSSR count). The molecule has 0 atom stereocenters. The third-order valence-electron chi connectivity index (χ3n) is 5.27. The maximum Gasteiger partial charge on any atom is 0.153 e. The van der Waals surface area contributed by atoms with Crippen LogP contribution >= 0.6 is 31.1 Å². The summed E-state index contributed by atoms with van der Waals surface area (Å²) in [7, 11) is -0.446. The summed E-state index contributed by atoms with van der Waals surface area (Å²) in [6.07, 6.45) is 0.156. The number of rotatable bonds is 4. The molecule has 4 nitrogen and oxygen atoms in total. The summed E-state index contributed by atoms with van der Waals surface area (Å²) in [4.78, 5) is 0. The molecule has 0 saturated carbocycles. The first-order chi connectivity index (χ1) is 18.5. The van der Waals surface area contributed by atoms with E-state index in [0.717, 1.165) is 11.3 Å². The summed E-state index contributed by atoms with van der Waals surface area (Å²) >= 11 is 11.1. The summed E-state index contributed by atoms with van der Waals surface area (Å²) in [5.41, 5.74) is 7.99. The van der Waals surface area contributed by atoms with Crippen molar-refractivity contribution in [1.82, 2.24) is 10.2 Å². The van der Waals surface area contributed by atoms with Gasteiger partial charge in [-0.1, -0.05) is 132 Å². The Labute approximate surface area is 235 Å². The molecule has 0 aliphatic heterocycles.